The molecular formula is C32H25N3O4S. The molecule has 1 aliphatic rings. The number of benzene rings is 4. The number of carbonyl (C=O) groups excluding carboxylic acids is 3. The van der Waals surface area contributed by atoms with Gasteiger partial charge in [0.15, 0.2) is 0 Å². The molecule has 1 N–H and O–H groups in total. The van der Waals surface area contributed by atoms with Gasteiger partial charge in [0, 0.05) is 33.7 Å². The van der Waals surface area contributed by atoms with Crippen molar-refractivity contribution >= 4 is 62.3 Å². The third kappa shape index (κ3) is 5.21. The number of hydrogen-bond acceptors (Lipinski definition) is 5. The van der Waals surface area contributed by atoms with Crippen LogP contribution >= 0.6 is 11.8 Å². The third-order valence-electron chi connectivity index (χ3n) is 6.69. The van der Waals surface area contributed by atoms with Gasteiger partial charge in [0.1, 0.15) is 18.9 Å². The molecule has 1 fully saturated rings. The highest BCUT2D eigenvalue weighted by Gasteiger charge is 2.36. The third-order valence-corrected chi connectivity index (χ3v) is 7.60. The second-order valence-electron chi connectivity index (χ2n) is 9.30. The van der Waals surface area contributed by atoms with Crippen LogP contribution in [0.15, 0.2) is 108 Å². The number of rotatable bonds is 8. The SMILES string of the molecule is O=C(CN1C(=O)S/C(=C\c2cn(CCOc3ccccc3)c3ccccc23)C1=O)Nc1cccc2ccccc12. The molecule has 7 nitrogen and oxygen atoms in total. The quantitative estimate of drug-likeness (QED) is 0.223. The summed E-state index contributed by atoms with van der Waals surface area (Å²) in [6, 6.07) is 30.8. The molecule has 0 unspecified atom stereocenters. The zero-order chi connectivity index (χ0) is 27.5. The minimum absolute atomic E-state index is 0.284. The van der Waals surface area contributed by atoms with Crippen molar-refractivity contribution in [2.75, 3.05) is 18.5 Å². The van der Waals surface area contributed by atoms with Crippen LogP contribution in [0.5, 0.6) is 5.75 Å². The standard InChI is InChI=1S/C32H25N3O4S/c36-30(33-27-15-8-10-22-9-4-5-13-25(22)27)21-35-31(37)29(40-32(35)38)19-23-20-34(28-16-7-6-14-26(23)28)17-18-39-24-11-2-1-3-12-24/h1-16,19-20H,17-18,21H2,(H,33,36)/b29-19-. The van der Waals surface area contributed by atoms with Crippen molar-refractivity contribution in [3.8, 4) is 5.75 Å². The molecule has 3 amide bonds. The fourth-order valence-corrected chi connectivity index (χ4v) is 5.63. The summed E-state index contributed by atoms with van der Waals surface area (Å²) in [5.74, 6) is -0.111. The van der Waals surface area contributed by atoms with E-state index in [4.69, 9.17) is 4.74 Å². The lowest BCUT2D eigenvalue weighted by atomic mass is 10.1. The summed E-state index contributed by atoms with van der Waals surface area (Å²) in [5.41, 5.74) is 2.45. The number of anilines is 1. The monoisotopic (exact) mass is 547 g/mol. The number of thioether (sulfide) groups is 1. The van der Waals surface area contributed by atoms with Crippen molar-refractivity contribution in [3.05, 3.63) is 114 Å². The fraction of sp³-hybridized carbons (Fsp3) is 0.0938. The Labute approximate surface area is 235 Å². The first-order chi connectivity index (χ1) is 19.6. The maximum absolute atomic E-state index is 13.2. The van der Waals surface area contributed by atoms with Gasteiger partial charge >= 0.3 is 0 Å². The molecule has 0 radical (unpaired) electrons. The number of carbonyl (C=O) groups is 3. The molecule has 2 heterocycles. The molecule has 1 aromatic heterocycles. The second kappa shape index (κ2) is 11.1. The smallest absolute Gasteiger partial charge is 0.294 e. The fourth-order valence-electron chi connectivity index (χ4n) is 4.80. The van der Waals surface area contributed by atoms with Gasteiger partial charge in [0.2, 0.25) is 5.91 Å². The Morgan fingerprint density at radius 2 is 1.57 bits per heavy atom. The summed E-state index contributed by atoms with van der Waals surface area (Å²) in [6.45, 7) is 0.729. The molecule has 4 aromatic carbocycles. The van der Waals surface area contributed by atoms with Crippen molar-refractivity contribution < 1.29 is 19.1 Å². The number of hydrogen-bond donors (Lipinski definition) is 1. The predicted molar refractivity (Wildman–Crippen MR) is 159 cm³/mol. The number of fused-ring (bicyclic) bond motifs is 2. The Bertz CT molecular complexity index is 1770. The minimum atomic E-state index is -0.479. The lowest BCUT2D eigenvalue weighted by Gasteiger charge is -2.13. The van der Waals surface area contributed by atoms with Crippen molar-refractivity contribution in [2.45, 2.75) is 6.54 Å². The van der Waals surface area contributed by atoms with Crippen LogP contribution in [0, 0.1) is 0 Å². The predicted octanol–water partition coefficient (Wildman–Crippen LogP) is 6.55. The summed E-state index contributed by atoms with van der Waals surface area (Å²) in [6.07, 6.45) is 3.69. The summed E-state index contributed by atoms with van der Waals surface area (Å²) in [4.78, 5) is 40.1. The Morgan fingerprint density at radius 1 is 0.850 bits per heavy atom. The van der Waals surface area contributed by atoms with E-state index in [0.29, 0.717) is 18.8 Å². The zero-order valence-corrected chi connectivity index (χ0v) is 22.3. The van der Waals surface area contributed by atoms with Gasteiger partial charge in [-0.1, -0.05) is 72.8 Å². The number of ether oxygens (including phenoxy) is 1. The maximum atomic E-state index is 13.2. The Morgan fingerprint density at radius 3 is 2.42 bits per heavy atom. The Hall–Kier alpha value is -4.82. The van der Waals surface area contributed by atoms with Gasteiger partial charge in [-0.3, -0.25) is 19.3 Å². The Kier molecular flexibility index (Phi) is 7.08. The van der Waals surface area contributed by atoms with Crippen molar-refractivity contribution in [2.24, 2.45) is 0 Å². The molecule has 0 aliphatic carbocycles. The van der Waals surface area contributed by atoms with E-state index >= 15 is 0 Å². The first kappa shape index (κ1) is 25.5. The average Bonchev–Trinajstić information content (AvgIpc) is 3.45. The lowest BCUT2D eigenvalue weighted by Crippen LogP contribution is -2.36. The molecule has 0 saturated carbocycles. The first-order valence-electron chi connectivity index (χ1n) is 12.9. The number of amides is 3. The molecule has 1 saturated heterocycles. The summed E-state index contributed by atoms with van der Waals surface area (Å²) in [5, 5.41) is 5.21. The van der Waals surface area contributed by atoms with Crippen LogP contribution in [-0.2, 0) is 16.1 Å². The van der Waals surface area contributed by atoms with E-state index in [1.54, 1.807) is 12.1 Å². The molecule has 1 aliphatic heterocycles. The second-order valence-corrected chi connectivity index (χ2v) is 10.3. The molecule has 0 atom stereocenters. The van der Waals surface area contributed by atoms with Gasteiger partial charge in [0.25, 0.3) is 11.1 Å². The molecule has 0 spiro atoms. The molecule has 0 bridgehead atoms. The summed E-state index contributed by atoms with van der Waals surface area (Å²) in [7, 11) is 0. The molecule has 5 aromatic rings. The van der Waals surface area contributed by atoms with Gasteiger partial charge in [-0.15, -0.1) is 0 Å². The molecular weight excluding hydrogens is 522 g/mol. The Balaban J connectivity index is 1.18. The number of imide groups is 1. The lowest BCUT2D eigenvalue weighted by molar-refractivity contribution is -0.127. The van der Waals surface area contributed by atoms with Crippen LogP contribution in [-0.4, -0.2) is 39.7 Å². The van der Waals surface area contributed by atoms with E-state index in [9.17, 15) is 14.4 Å². The molecule has 198 valence electrons. The van der Waals surface area contributed by atoms with E-state index in [2.05, 4.69) is 9.88 Å². The van der Waals surface area contributed by atoms with Crippen LogP contribution in [0.1, 0.15) is 5.56 Å². The van der Waals surface area contributed by atoms with E-state index in [0.717, 1.165) is 49.7 Å². The van der Waals surface area contributed by atoms with E-state index in [1.807, 2.05) is 97.2 Å². The van der Waals surface area contributed by atoms with Crippen LogP contribution in [0.3, 0.4) is 0 Å². The largest absolute Gasteiger partial charge is 0.492 e. The van der Waals surface area contributed by atoms with Gasteiger partial charge in [0.05, 0.1) is 11.4 Å². The molecule has 8 heteroatoms. The topological polar surface area (TPSA) is 80.6 Å². The van der Waals surface area contributed by atoms with E-state index in [-0.39, 0.29) is 11.4 Å². The van der Waals surface area contributed by atoms with Crippen molar-refractivity contribution in [1.29, 1.82) is 0 Å². The van der Waals surface area contributed by atoms with Crippen LogP contribution < -0.4 is 10.1 Å². The van der Waals surface area contributed by atoms with E-state index < -0.39 is 17.1 Å². The summed E-state index contributed by atoms with van der Waals surface area (Å²) >= 11 is 0.845. The number of nitrogens with zero attached hydrogens (tertiary/aromatic N) is 2. The number of para-hydroxylation sites is 2. The van der Waals surface area contributed by atoms with Gasteiger partial charge in [-0.2, -0.15) is 0 Å². The highest BCUT2D eigenvalue weighted by molar-refractivity contribution is 8.18. The number of aromatic nitrogens is 1. The maximum Gasteiger partial charge on any atom is 0.294 e. The van der Waals surface area contributed by atoms with Crippen LogP contribution in [0.2, 0.25) is 0 Å². The molecule has 40 heavy (non-hydrogen) atoms. The van der Waals surface area contributed by atoms with E-state index in [1.165, 1.54) is 0 Å². The average molecular weight is 548 g/mol. The zero-order valence-electron chi connectivity index (χ0n) is 21.4. The molecule has 6 rings (SSSR count). The van der Waals surface area contributed by atoms with Gasteiger partial charge in [-0.25, -0.2) is 0 Å². The highest BCUT2D eigenvalue weighted by atomic mass is 32.2. The summed E-state index contributed by atoms with van der Waals surface area (Å²) < 4.78 is 7.94. The van der Waals surface area contributed by atoms with Crippen molar-refractivity contribution in [1.82, 2.24) is 9.47 Å². The van der Waals surface area contributed by atoms with Crippen LogP contribution in [0.4, 0.5) is 10.5 Å². The normalized spacial score (nSPS) is 14.4. The van der Waals surface area contributed by atoms with Gasteiger partial charge < -0.3 is 14.6 Å². The van der Waals surface area contributed by atoms with Crippen molar-refractivity contribution in [3.63, 3.8) is 0 Å². The minimum Gasteiger partial charge on any atom is -0.492 e. The van der Waals surface area contributed by atoms with Crippen LogP contribution in [0.25, 0.3) is 27.8 Å². The number of nitrogens with one attached hydrogen (secondary N) is 1. The van der Waals surface area contributed by atoms with Gasteiger partial charge in [-0.05, 0) is 47.5 Å². The highest BCUT2D eigenvalue weighted by Crippen LogP contribution is 2.34. The first-order valence-corrected chi connectivity index (χ1v) is 13.7.